The minimum atomic E-state index is -2.25. The molecule has 51 heavy (non-hydrogen) atoms. The first kappa shape index (κ1) is 40.2. The summed E-state index contributed by atoms with van der Waals surface area (Å²) in [7, 11) is -0.556. The molecule has 7 nitrogen and oxygen atoms in total. The van der Waals surface area contributed by atoms with Gasteiger partial charge in [0.2, 0.25) is 0 Å². The van der Waals surface area contributed by atoms with Crippen LogP contribution < -0.4 is 5.32 Å². The Kier molecular flexibility index (Phi) is 12.6. The van der Waals surface area contributed by atoms with Gasteiger partial charge in [-0.3, -0.25) is 4.79 Å². The van der Waals surface area contributed by atoms with Crippen LogP contribution in [0.3, 0.4) is 0 Å². The van der Waals surface area contributed by atoms with Crippen LogP contribution in [0.15, 0.2) is 66.7 Å². The van der Waals surface area contributed by atoms with Crippen molar-refractivity contribution in [2.45, 2.75) is 116 Å². The number of carbonyl (C=O) groups excluding carboxylic acids is 2. The molecule has 1 aliphatic heterocycles. The van der Waals surface area contributed by atoms with Gasteiger partial charge in [-0.2, -0.15) is 0 Å². The summed E-state index contributed by atoms with van der Waals surface area (Å²) in [5, 5.41) is 2.96. The van der Waals surface area contributed by atoms with E-state index in [1.165, 1.54) is 6.07 Å². The number of nitrogens with zero attached hydrogens (tertiary/aromatic N) is 1. The summed E-state index contributed by atoms with van der Waals surface area (Å²) in [4.78, 5) is 29.1. The molecule has 0 spiro atoms. The van der Waals surface area contributed by atoms with E-state index in [1.807, 2.05) is 82.3 Å². The van der Waals surface area contributed by atoms with E-state index in [-0.39, 0.29) is 29.4 Å². The molecule has 3 aromatic rings. The fourth-order valence-electron chi connectivity index (χ4n) is 6.63. The molecule has 0 aliphatic carbocycles. The highest BCUT2D eigenvalue weighted by atomic mass is 28.4. The molecule has 3 atom stereocenters. The van der Waals surface area contributed by atoms with Gasteiger partial charge in [0, 0.05) is 43.3 Å². The summed E-state index contributed by atoms with van der Waals surface area (Å²) < 4.78 is 33.7. The van der Waals surface area contributed by atoms with Gasteiger partial charge in [-0.25, -0.2) is 9.18 Å². The fourth-order valence-corrected chi connectivity index (χ4v) is 7.98. The molecule has 1 N–H and O–H groups in total. The molecule has 1 fully saturated rings. The number of alkyl carbamates (subject to hydrolysis) is 1. The lowest BCUT2D eigenvalue weighted by molar-refractivity contribution is 0.0466. The van der Waals surface area contributed by atoms with E-state index in [0.29, 0.717) is 24.3 Å². The lowest BCUT2D eigenvalue weighted by atomic mass is 9.70. The second-order valence-corrected chi connectivity index (χ2v) is 21.5. The average molecular weight is 719 g/mol. The average Bonchev–Trinajstić information content (AvgIpc) is 3.41. The Hall–Kier alpha value is -3.53. The van der Waals surface area contributed by atoms with Crippen molar-refractivity contribution in [3.05, 3.63) is 94.8 Å². The third kappa shape index (κ3) is 9.87. The summed E-state index contributed by atoms with van der Waals surface area (Å²) in [5.41, 5.74) is 3.52. The Morgan fingerprint density at radius 3 is 2.25 bits per heavy atom. The fraction of sp³-hybridized carbons (Fsp3) is 0.524. The zero-order chi connectivity index (χ0) is 37.8. The number of unbranched alkanes of at least 4 members (excludes halogenated alkanes) is 1. The lowest BCUT2D eigenvalue weighted by Crippen LogP contribution is -2.51. The van der Waals surface area contributed by atoms with Crippen LogP contribution in [0, 0.1) is 12.7 Å². The number of aryl methyl sites for hydroxylation is 1. The molecule has 278 valence electrons. The molecular weight excluding hydrogens is 660 g/mol. The maximum atomic E-state index is 15.9. The first-order valence-electron chi connectivity index (χ1n) is 18.2. The predicted octanol–water partition coefficient (Wildman–Crippen LogP) is 9.66. The van der Waals surface area contributed by atoms with Crippen LogP contribution in [-0.4, -0.2) is 69.8 Å². The monoisotopic (exact) mass is 718 g/mol. The van der Waals surface area contributed by atoms with Gasteiger partial charge in [0.25, 0.3) is 5.91 Å². The summed E-state index contributed by atoms with van der Waals surface area (Å²) >= 11 is 0. The topological polar surface area (TPSA) is 77.1 Å². The summed E-state index contributed by atoms with van der Waals surface area (Å²) in [6.07, 6.45) is 1.51. The number of rotatable bonds is 12. The van der Waals surface area contributed by atoms with Crippen molar-refractivity contribution in [2.75, 3.05) is 26.8 Å². The van der Waals surface area contributed by atoms with Crippen molar-refractivity contribution in [1.82, 2.24) is 10.2 Å². The van der Waals surface area contributed by atoms with Crippen LogP contribution in [0.25, 0.3) is 11.1 Å². The van der Waals surface area contributed by atoms with Crippen LogP contribution >= 0.6 is 0 Å². The Morgan fingerprint density at radius 1 is 0.922 bits per heavy atom. The van der Waals surface area contributed by atoms with Crippen LogP contribution in [0.2, 0.25) is 18.1 Å². The van der Waals surface area contributed by atoms with Crippen molar-refractivity contribution < 1.29 is 27.9 Å². The molecule has 0 saturated carbocycles. The smallest absolute Gasteiger partial charge is 0.408 e. The molecule has 0 aromatic heterocycles. The van der Waals surface area contributed by atoms with Crippen LogP contribution in [-0.2, 0) is 19.3 Å². The molecule has 0 radical (unpaired) electrons. The van der Waals surface area contributed by atoms with E-state index >= 15 is 4.39 Å². The predicted molar refractivity (Wildman–Crippen MR) is 206 cm³/mol. The van der Waals surface area contributed by atoms with Gasteiger partial charge in [-0.15, -0.1) is 0 Å². The normalized spacial score (nSPS) is 18.0. The van der Waals surface area contributed by atoms with Crippen molar-refractivity contribution in [3.8, 4) is 11.1 Å². The third-order valence-electron chi connectivity index (χ3n) is 10.4. The third-order valence-corrected chi connectivity index (χ3v) is 14.9. The second-order valence-electron chi connectivity index (χ2n) is 16.8. The molecule has 2 amide bonds. The van der Waals surface area contributed by atoms with Crippen LogP contribution in [0.4, 0.5) is 9.18 Å². The molecule has 1 heterocycles. The molecule has 3 aromatic carbocycles. The number of likely N-dealkylation sites (tertiary alicyclic amines) is 1. The summed E-state index contributed by atoms with van der Waals surface area (Å²) in [6, 6.07) is 20.6. The van der Waals surface area contributed by atoms with E-state index < -0.39 is 31.5 Å². The van der Waals surface area contributed by atoms with Crippen LogP contribution in [0.1, 0.15) is 94.8 Å². The van der Waals surface area contributed by atoms with E-state index in [4.69, 9.17) is 13.9 Å². The number of ether oxygens (including phenoxy) is 2. The highest BCUT2D eigenvalue weighted by Crippen LogP contribution is 2.44. The molecule has 1 aliphatic rings. The van der Waals surface area contributed by atoms with Crippen molar-refractivity contribution >= 4 is 20.3 Å². The van der Waals surface area contributed by atoms with Gasteiger partial charge < -0.3 is 24.1 Å². The minimum Gasteiger partial charge on any atom is -0.444 e. The summed E-state index contributed by atoms with van der Waals surface area (Å²) in [5.74, 6) is -0.420. The quantitative estimate of drug-likeness (QED) is 0.149. The maximum Gasteiger partial charge on any atom is 0.408 e. The second kappa shape index (κ2) is 16.0. The van der Waals surface area contributed by atoms with Crippen molar-refractivity contribution in [2.24, 2.45) is 0 Å². The standard InChI is InChI=1S/C42H59FN2O5Si/c1-29-17-14-18-30(25-29)37-33(21-16-22-34(37)43)42(8,23-12-13-24-48-9)32-20-15-19-31(26-32)38(46)45-27-35(44-39(47)49-40(2,3)4)36(28-45)50-51(10,11)41(5,6)7/h14-22,25-26,35-36H,12-13,23-24,27-28H2,1-11H3,(H,44,47)/t35-,36+,42?/m1/s1. The Labute approximate surface area is 306 Å². The number of benzene rings is 3. The van der Waals surface area contributed by atoms with Crippen molar-refractivity contribution in [3.63, 3.8) is 0 Å². The Balaban J connectivity index is 1.72. The molecule has 1 unspecified atom stereocenters. The highest BCUT2D eigenvalue weighted by molar-refractivity contribution is 6.74. The number of hydrogen-bond donors (Lipinski definition) is 1. The Bertz CT molecular complexity index is 1680. The van der Waals surface area contributed by atoms with Gasteiger partial charge in [-0.1, -0.05) is 81.8 Å². The highest BCUT2D eigenvalue weighted by Gasteiger charge is 2.45. The SMILES string of the molecule is COCCCCC(C)(c1cccc(C(=O)N2C[C@H](O[Si](C)(C)C(C)(C)C)[C@H](NC(=O)OC(C)(C)C)C2)c1)c1cccc(F)c1-c1cccc(C)c1. The number of methoxy groups -OCH3 is 1. The maximum absolute atomic E-state index is 15.9. The summed E-state index contributed by atoms with van der Waals surface area (Å²) in [6.45, 7) is 21.8. The van der Waals surface area contributed by atoms with Gasteiger partial charge in [0.05, 0.1) is 12.1 Å². The van der Waals surface area contributed by atoms with Gasteiger partial charge in [0.15, 0.2) is 8.32 Å². The first-order valence-corrected chi connectivity index (χ1v) is 21.1. The van der Waals surface area contributed by atoms with Crippen LogP contribution in [0.5, 0.6) is 0 Å². The van der Waals surface area contributed by atoms with Gasteiger partial charge in [-0.05, 0) is 100.0 Å². The molecule has 9 heteroatoms. The number of nitrogens with one attached hydrogen (secondary N) is 1. The zero-order valence-electron chi connectivity index (χ0n) is 32.6. The van der Waals surface area contributed by atoms with Crippen molar-refractivity contribution in [1.29, 1.82) is 0 Å². The van der Waals surface area contributed by atoms with E-state index in [0.717, 1.165) is 41.5 Å². The number of carbonyl (C=O) groups is 2. The zero-order valence-corrected chi connectivity index (χ0v) is 33.6. The van der Waals surface area contributed by atoms with E-state index in [2.05, 4.69) is 46.1 Å². The Morgan fingerprint density at radius 2 is 1.61 bits per heavy atom. The molecule has 4 rings (SSSR count). The van der Waals surface area contributed by atoms with Gasteiger partial charge in [0.1, 0.15) is 11.4 Å². The molecule has 1 saturated heterocycles. The molecule has 0 bridgehead atoms. The minimum absolute atomic E-state index is 0.0584. The largest absolute Gasteiger partial charge is 0.444 e. The first-order chi connectivity index (χ1) is 23.8. The number of hydrogen-bond acceptors (Lipinski definition) is 5. The van der Waals surface area contributed by atoms with Gasteiger partial charge >= 0.3 is 6.09 Å². The number of amides is 2. The number of halogens is 1. The van der Waals surface area contributed by atoms with E-state index in [9.17, 15) is 9.59 Å². The lowest BCUT2D eigenvalue weighted by Gasteiger charge is -2.39. The van der Waals surface area contributed by atoms with E-state index in [1.54, 1.807) is 18.1 Å². The molecular formula is C42H59FN2O5Si.